The Hall–Kier alpha value is -1.32. The summed E-state index contributed by atoms with van der Waals surface area (Å²) in [6.45, 7) is 1.10. The average Bonchev–Trinajstić information content (AvgIpc) is 3.24. The normalized spacial score (nSPS) is 15.3. The van der Waals surface area contributed by atoms with Crippen molar-refractivity contribution in [2.75, 3.05) is 24.1 Å². The summed E-state index contributed by atoms with van der Waals surface area (Å²) < 4.78 is 26.8. The Kier molecular flexibility index (Phi) is 5.78. The van der Waals surface area contributed by atoms with E-state index in [0.29, 0.717) is 23.7 Å². The quantitative estimate of drug-likeness (QED) is 0.704. The molecule has 6 nitrogen and oxygen atoms in total. The fourth-order valence-electron chi connectivity index (χ4n) is 2.67. The number of nitrogens with zero attached hydrogens (tertiary/aromatic N) is 1. The first-order valence-corrected chi connectivity index (χ1v) is 10.9. The Bertz CT molecular complexity index is 915. The van der Waals surface area contributed by atoms with Gasteiger partial charge in [-0.05, 0) is 37.1 Å². The molecule has 3 N–H and O–H groups in total. The molecule has 0 bridgehead atoms. The van der Waals surface area contributed by atoms with Crippen LogP contribution >= 0.6 is 34.5 Å². The van der Waals surface area contributed by atoms with Crippen molar-refractivity contribution < 1.29 is 13.2 Å². The molecule has 1 saturated heterocycles. The smallest absolute Gasteiger partial charge is 0.252 e. The molecule has 1 aromatic heterocycles. The lowest BCUT2D eigenvalue weighted by molar-refractivity contribution is -0.115. The maximum absolute atomic E-state index is 12.5. The van der Waals surface area contributed by atoms with Crippen LogP contribution in [0.3, 0.4) is 0 Å². The van der Waals surface area contributed by atoms with Crippen molar-refractivity contribution >= 4 is 61.8 Å². The highest BCUT2D eigenvalue weighted by molar-refractivity contribution is 7.91. The van der Waals surface area contributed by atoms with Crippen molar-refractivity contribution in [3.63, 3.8) is 0 Å². The highest BCUT2D eigenvalue weighted by atomic mass is 35.5. The van der Waals surface area contributed by atoms with Gasteiger partial charge in [0.25, 0.3) is 10.0 Å². The number of carbonyl (C=O) groups excluding carboxylic acids is 1. The summed E-state index contributed by atoms with van der Waals surface area (Å²) in [6, 6.07) is 6.24. The molecule has 0 radical (unpaired) electrons. The Balaban J connectivity index is 1.68. The molecule has 1 aliphatic heterocycles. The number of benzene rings is 1. The fourth-order valence-corrected chi connectivity index (χ4v) is 6.18. The lowest BCUT2D eigenvalue weighted by Gasteiger charge is -2.13. The van der Waals surface area contributed by atoms with Gasteiger partial charge in [-0.3, -0.25) is 4.79 Å². The maximum Gasteiger partial charge on any atom is 0.252 e. The molecule has 0 atom stereocenters. The number of nitrogens with two attached hydrogens (primary N) is 1. The first-order chi connectivity index (χ1) is 12.3. The molecule has 0 spiro atoms. The van der Waals surface area contributed by atoms with E-state index >= 15 is 0 Å². The number of nitrogens with one attached hydrogen (secondary N) is 1. The van der Waals surface area contributed by atoms with Gasteiger partial charge in [0.15, 0.2) is 0 Å². The van der Waals surface area contributed by atoms with Crippen molar-refractivity contribution in [1.82, 2.24) is 4.31 Å². The lowest BCUT2D eigenvalue weighted by atomic mass is 10.2. The van der Waals surface area contributed by atoms with E-state index in [0.717, 1.165) is 24.2 Å². The summed E-state index contributed by atoms with van der Waals surface area (Å²) in [4.78, 5) is 12.9. The van der Waals surface area contributed by atoms with Crippen LogP contribution in [0, 0.1) is 0 Å². The zero-order chi connectivity index (χ0) is 18.9. The number of amides is 1. The van der Waals surface area contributed by atoms with Crippen LogP contribution < -0.4 is 11.1 Å². The molecule has 10 heteroatoms. The first kappa shape index (κ1) is 19.4. The number of thiophene rings is 1. The van der Waals surface area contributed by atoms with Gasteiger partial charge in [0, 0.05) is 23.7 Å². The standard InChI is InChI=1S/C16H17Cl2N3O3S2/c17-12-7-10(8-13(18)16(12)19)20-14(22)9-11-3-4-15(25-11)26(23,24)21-5-1-2-6-21/h3-4,7-8H,1-2,5-6,9,19H2,(H,20,22). The summed E-state index contributed by atoms with van der Waals surface area (Å²) in [6.07, 6.45) is 1.82. The molecule has 2 heterocycles. The molecular weight excluding hydrogens is 417 g/mol. The molecule has 1 amide bonds. The minimum absolute atomic E-state index is 0.0554. The van der Waals surface area contributed by atoms with Gasteiger partial charge in [0.2, 0.25) is 5.91 Å². The second-order valence-corrected chi connectivity index (χ2v) is 10.1. The van der Waals surface area contributed by atoms with Crippen LogP contribution in [-0.2, 0) is 21.2 Å². The third-order valence-electron chi connectivity index (χ3n) is 3.99. The van der Waals surface area contributed by atoms with Crippen molar-refractivity contribution in [3.05, 3.63) is 39.2 Å². The molecule has 1 fully saturated rings. The highest BCUT2D eigenvalue weighted by Gasteiger charge is 2.28. The number of halogens is 2. The molecule has 0 saturated carbocycles. The van der Waals surface area contributed by atoms with Crippen LogP contribution in [0.15, 0.2) is 28.5 Å². The summed E-state index contributed by atoms with van der Waals surface area (Å²) >= 11 is 13.0. The van der Waals surface area contributed by atoms with Crippen LogP contribution in [0.2, 0.25) is 10.0 Å². The minimum atomic E-state index is -3.46. The van der Waals surface area contributed by atoms with Crippen LogP contribution in [-0.4, -0.2) is 31.7 Å². The molecular formula is C16H17Cl2N3O3S2. The van der Waals surface area contributed by atoms with Gasteiger partial charge in [0.1, 0.15) is 4.21 Å². The predicted octanol–water partition coefficient (Wildman–Crippen LogP) is 3.60. The van der Waals surface area contributed by atoms with Crippen molar-refractivity contribution in [2.45, 2.75) is 23.5 Å². The molecule has 3 rings (SSSR count). The summed E-state index contributed by atoms with van der Waals surface area (Å²) in [5.41, 5.74) is 6.35. The van der Waals surface area contributed by atoms with E-state index < -0.39 is 10.0 Å². The predicted molar refractivity (Wildman–Crippen MR) is 106 cm³/mol. The number of sulfonamides is 1. The Morgan fingerprint density at radius 3 is 2.42 bits per heavy atom. The molecule has 0 aliphatic carbocycles. The van der Waals surface area contributed by atoms with Crippen LogP contribution in [0.4, 0.5) is 11.4 Å². The van der Waals surface area contributed by atoms with Gasteiger partial charge in [-0.2, -0.15) is 4.31 Å². The zero-order valence-corrected chi connectivity index (χ0v) is 16.8. The fraction of sp³-hybridized carbons (Fsp3) is 0.312. The van der Waals surface area contributed by atoms with Crippen LogP contribution in [0.5, 0.6) is 0 Å². The van der Waals surface area contributed by atoms with E-state index in [2.05, 4.69) is 5.32 Å². The minimum Gasteiger partial charge on any atom is -0.396 e. The number of carbonyl (C=O) groups is 1. The summed E-state index contributed by atoms with van der Waals surface area (Å²) in [5.74, 6) is -0.297. The third kappa shape index (κ3) is 4.15. The van der Waals surface area contributed by atoms with E-state index in [1.54, 1.807) is 12.1 Å². The molecule has 1 aromatic carbocycles. The van der Waals surface area contributed by atoms with Crippen LogP contribution in [0.25, 0.3) is 0 Å². The Morgan fingerprint density at radius 1 is 1.19 bits per heavy atom. The van der Waals surface area contributed by atoms with Crippen molar-refractivity contribution in [1.29, 1.82) is 0 Å². The lowest BCUT2D eigenvalue weighted by Crippen LogP contribution is -2.27. The SMILES string of the molecule is Nc1c(Cl)cc(NC(=O)Cc2ccc(S(=O)(=O)N3CCCC3)s2)cc1Cl. The molecule has 140 valence electrons. The Morgan fingerprint density at radius 2 is 1.81 bits per heavy atom. The number of rotatable bonds is 5. The van der Waals surface area contributed by atoms with Crippen molar-refractivity contribution in [3.8, 4) is 0 Å². The summed E-state index contributed by atoms with van der Waals surface area (Å²) in [7, 11) is -3.46. The van der Waals surface area contributed by atoms with Gasteiger partial charge in [-0.15, -0.1) is 11.3 Å². The maximum atomic E-state index is 12.5. The van der Waals surface area contributed by atoms with Gasteiger partial charge in [-0.1, -0.05) is 23.2 Å². The number of anilines is 2. The topological polar surface area (TPSA) is 92.5 Å². The molecule has 0 unspecified atom stereocenters. The number of hydrogen-bond acceptors (Lipinski definition) is 5. The van der Waals surface area contributed by atoms with E-state index in [9.17, 15) is 13.2 Å². The van der Waals surface area contributed by atoms with Gasteiger partial charge >= 0.3 is 0 Å². The van der Waals surface area contributed by atoms with Gasteiger partial charge in [-0.25, -0.2) is 8.42 Å². The highest BCUT2D eigenvalue weighted by Crippen LogP contribution is 2.31. The zero-order valence-electron chi connectivity index (χ0n) is 13.7. The molecule has 26 heavy (non-hydrogen) atoms. The van der Waals surface area contributed by atoms with Crippen molar-refractivity contribution in [2.24, 2.45) is 0 Å². The molecule has 2 aromatic rings. The molecule has 1 aliphatic rings. The summed E-state index contributed by atoms with van der Waals surface area (Å²) in [5, 5.41) is 3.19. The first-order valence-electron chi connectivity index (χ1n) is 7.90. The van der Waals surface area contributed by atoms with E-state index in [4.69, 9.17) is 28.9 Å². The third-order valence-corrected chi connectivity index (χ3v) is 8.07. The van der Waals surface area contributed by atoms with E-state index in [1.807, 2.05) is 0 Å². The Labute approximate surface area is 165 Å². The van der Waals surface area contributed by atoms with Crippen LogP contribution in [0.1, 0.15) is 17.7 Å². The second-order valence-electron chi connectivity index (χ2n) is 5.91. The monoisotopic (exact) mass is 433 g/mol. The van der Waals surface area contributed by atoms with Gasteiger partial charge < -0.3 is 11.1 Å². The average molecular weight is 434 g/mol. The number of hydrogen-bond donors (Lipinski definition) is 2. The largest absolute Gasteiger partial charge is 0.396 e. The second kappa shape index (κ2) is 7.74. The van der Waals surface area contributed by atoms with E-state index in [-0.39, 0.29) is 32.3 Å². The van der Waals surface area contributed by atoms with E-state index in [1.165, 1.54) is 16.4 Å². The van der Waals surface area contributed by atoms with Gasteiger partial charge in [0.05, 0.1) is 22.2 Å². The number of nitrogen functional groups attached to an aromatic ring is 1.